The molecule has 0 aromatic heterocycles. The second-order valence-corrected chi connectivity index (χ2v) is 23.4. The number of esters is 2. The number of carbonyl (C=O) groups is 3. The van der Waals surface area contributed by atoms with Gasteiger partial charge in [-0.3, -0.25) is 9.59 Å². The first-order chi connectivity index (χ1) is 36.6. The Labute approximate surface area is 465 Å². The van der Waals surface area contributed by atoms with Gasteiger partial charge in [-0.15, -0.1) is 0 Å². The standard InChI is InChI=1S/C66H125NO8/c1-6-8-10-12-14-16-18-20-22-24-25-26-27-28-29-30-31-32-33-34-35-36-37-38-39-41-43-45-47-49-51-53-55-57-64(69)75-62(61-74-66(65(70)71)72-59-58-67(3,4)5)60-73-63(68)56-54-52-50-48-46-44-42-40-23-21-19-17-15-13-11-9-7-2/h18,20,24-25,62,66H,6-17,19,21-23,26-61H2,1-5H3/p+1/b20-18-,25-24-. The fraction of sp³-hybridized carbons (Fsp3) is 0.894. The number of ether oxygens (including phenoxy) is 4. The van der Waals surface area contributed by atoms with E-state index in [1.54, 1.807) is 0 Å². The van der Waals surface area contributed by atoms with Gasteiger partial charge in [-0.25, -0.2) is 4.79 Å². The molecule has 442 valence electrons. The van der Waals surface area contributed by atoms with Gasteiger partial charge in [0.1, 0.15) is 13.2 Å². The van der Waals surface area contributed by atoms with Gasteiger partial charge in [0, 0.05) is 12.8 Å². The fourth-order valence-electron chi connectivity index (χ4n) is 9.70. The number of unbranched alkanes of at least 4 members (excludes halogenated alkanes) is 42. The molecule has 0 aromatic rings. The van der Waals surface area contributed by atoms with Crippen LogP contribution in [0.1, 0.15) is 322 Å². The summed E-state index contributed by atoms with van der Waals surface area (Å²) < 4.78 is 22.9. The molecule has 2 atom stereocenters. The Morgan fingerprint density at radius 2 is 0.720 bits per heavy atom. The SMILES string of the molecule is CCCCCCC/C=C\C/C=C\CCCCCCCCCCCCCCCCCCCCCCCC(=O)OC(COC(=O)CCCCCCCCCCCCCCCCCCC)COC(OCC[N+](C)(C)C)C(=O)O. The molecule has 0 aromatic carbocycles. The molecule has 0 aliphatic heterocycles. The summed E-state index contributed by atoms with van der Waals surface area (Å²) in [5.41, 5.74) is 0. The summed E-state index contributed by atoms with van der Waals surface area (Å²) in [4.78, 5) is 37.5. The third-order valence-electron chi connectivity index (χ3n) is 14.7. The Balaban J connectivity index is 4.04. The lowest BCUT2D eigenvalue weighted by atomic mass is 10.0. The van der Waals surface area contributed by atoms with Crippen LogP contribution >= 0.6 is 0 Å². The minimum Gasteiger partial charge on any atom is -0.477 e. The van der Waals surface area contributed by atoms with Crippen molar-refractivity contribution >= 4 is 17.9 Å². The van der Waals surface area contributed by atoms with Gasteiger partial charge < -0.3 is 28.5 Å². The number of hydrogen-bond acceptors (Lipinski definition) is 7. The molecule has 0 fully saturated rings. The fourth-order valence-corrected chi connectivity index (χ4v) is 9.70. The van der Waals surface area contributed by atoms with Crippen molar-refractivity contribution in [3.8, 4) is 0 Å². The van der Waals surface area contributed by atoms with E-state index in [9.17, 15) is 19.5 Å². The summed E-state index contributed by atoms with van der Waals surface area (Å²) in [5.74, 6) is -1.98. The molecule has 75 heavy (non-hydrogen) atoms. The van der Waals surface area contributed by atoms with Gasteiger partial charge in [-0.1, -0.05) is 289 Å². The Morgan fingerprint density at radius 3 is 1.05 bits per heavy atom. The van der Waals surface area contributed by atoms with E-state index in [1.165, 1.54) is 250 Å². The lowest BCUT2D eigenvalue weighted by Crippen LogP contribution is -2.40. The average molecular weight is 1060 g/mol. The number of carboxylic acids is 1. The molecule has 0 saturated carbocycles. The largest absolute Gasteiger partial charge is 0.477 e. The van der Waals surface area contributed by atoms with E-state index in [-0.39, 0.29) is 38.2 Å². The van der Waals surface area contributed by atoms with Crippen molar-refractivity contribution in [1.82, 2.24) is 0 Å². The highest BCUT2D eigenvalue weighted by atomic mass is 16.7. The van der Waals surface area contributed by atoms with Gasteiger partial charge >= 0.3 is 17.9 Å². The number of carbonyl (C=O) groups excluding carboxylic acids is 2. The molecular formula is C66H126NO8+. The van der Waals surface area contributed by atoms with Crippen LogP contribution in [0.3, 0.4) is 0 Å². The molecule has 0 heterocycles. The Bertz CT molecular complexity index is 1280. The van der Waals surface area contributed by atoms with Crippen molar-refractivity contribution < 1.29 is 42.9 Å². The average Bonchev–Trinajstić information content (AvgIpc) is 3.38. The zero-order chi connectivity index (χ0) is 54.8. The van der Waals surface area contributed by atoms with Crippen LogP contribution in [-0.2, 0) is 33.3 Å². The second kappa shape index (κ2) is 57.9. The molecule has 2 unspecified atom stereocenters. The highest BCUT2D eigenvalue weighted by Gasteiger charge is 2.25. The lowest BCUT2D eigenvalue weighted by molar-refractivity contribution is -0.870. The summed E-state index contributed by atoms with van der Waals surface area (Å²) in [6.07, 6.45) is 67.1. The number of carboxylic acid groups (broad SMARTS) is 1. The van der Waals surface area contributed by atoms with E-state index in [2.05, 4.69) is 38.2 Å². The van der Waals surface area contributed by atoms with Crippen LogP contribution < -0.4 is 0 Å². The molecule has 0 aliphatic carbocycles. The van der Waals surface area contributed by atoms with Gasteiger partial charge in [0.05, 0.1) is 34.4 Å². The van der Waals surface area contributed by atoms with Gasteiger partial charge in [0.2, 0.25) is 0 Å². The third-order valence-corrected chi connectivity index (χ3v) is 14.7. The number of allylic oxidation sites excluding steroid dienone is 4. The maximum Gasteiger partial charge on any atom is 0.361 e. The predicted molar refractivity (Wildman–Crippen MR) is 318 cm³/mol. The Kier molecular flexibility index (Phi) is 56.2. The molecule has 9 heteroatoms. The first kappa shape index (κ1) is 72.8. The lowest BCUT2D eigenvalue weighted by Gasteiger charge is -2.25. The van der Waals surface area contributed by atoms with E-state index >= 15 is 0 Å². The molecule has 0 rings (SSSR count). The monoisotopic (exact) mass is 1060 g/mol. The molecule has 0 amide bonds. The van der Waals surface area contributed by atoms with E-state index in [4.69, 9.17) is 18.9 Å². The van der Waals surface area contributed by atoms with Crippen LogP contribution in [0.2, 0.25) is 0 Å². The molecule has 9 nitrogen and oxygen atoms in total. The van der Waals surface area contributed by atoms with Crippen molar-refractivity contribution in [2.45, 2.75) is 334 Å². The zero-order valence-electron chi connectivity index (χ0n) is 50.5. The number of rotatable bonds is 61. The molecule has 1 N–H and O–H groups in total. The van der Waals surface area contributed by atoms with Gasteiger partial charge in [0.25, 0.3) is 6.29 Å². The van der Waals surface area contributed by atoms with Crippen molar-refractivity contribution in [2.75, 3.05) is 47.5 Å². The molecule has 0 bridgehead atoms. The Hall–Kier alpha value is -2.23. The molecular weight excluding hydrogens is 935 g/mol. The number of likely N-dealkylation sites (N-methyl/N-ethyl adjacent to an activating group) is 1. The Morgan fingerprint density at radius 1 is 0.400 bits per heavy atom. The van der Waals surface area contributed by atoms with Gasteiger partial charge in [-0.05, 0) is 44.9 Å². The van der Waals surface area contributed by atoms with Gasteiger partial charge in [-0.2, -0.15) is 0 Å². The van der Waals surface area contributed by atoms with Gasteiger partial charge in [0.15, 0.2) is 6.10 Å². The first-order valence-corrected chi connectivity index (χ1v) is 32.5. The summed E-state index contributed by atoms with van der Waals surface area (Å²) in [7, 11) is 5.98. The number of aliphatic carboxylic acids is 1. The number of quaternary nitrogens is 1. The van der Waals surface area contributed by atoms with Crippen molar-refractivity contribution in [3.05, 3.63) is 24.3 Å². The van der Waals surface area contributed by atoms with E-state index < -0.39 is 18.4 Å². The quantitative estimate of drug-likeness (QED) is 0.0211. The third kappa shape index (κ3) is 59.3. The molecule has 0 radical (unpaired) electrons. The van der Waals surface area contributed by atoms with E-state index in [0.29, 0.717) is 17.4 Å². The summed E-state index contributed by atoms with van der Waals surface area (Å²) in [5, 5.41) is 9.72. The highest BCUT2D eigenvalue weighted by Crippen LogP contribution is 2.18. The summed E-state index contributed by atoms with van der Waals surface area (Å²) >= 11 is 0. The molecule has 0 spiro atoms. The van der Waals surface area contributed by atoms with Crippen LogP contribution in [0, 0.1) is 0 Å². The minimum atomic E-state index is -1.51. The molecule has 0 saturated heterocycles. The predicted octanol–water partition coefficient (Wildman–Crippen LogP) is 19.5. The van der Waals surface area contributed by atoms with Crippen molar-refractivity contribution in [1.29, 1.82) is 0 Å². The first-order valence-electron chi connectivity index (χ1n) is 32.5. The van der Waals surface area contributed by atoms with Crippen LogP contribution in [0.5, 0.6) is 0 Å². The van der Waals surface area contributed by atoms with Crippen molar-refractivity contribution in [3.63, 3.8) is 0 Å². The maximum atomic E-state index is 12.9. The van der Waals surface area contributed by atoms with Crippen LogP contribution in [-0.4, -0.2) is 87.4 Å². The van der Waals surface area contributed by atoms with Crippen LogP contribution in [0.15, 0.2) is 24.3 Å². The van der Waals surface area contributed by atoms with E-state index in [0.717, 1.165) is 44.9 Å². The topological polar surface area (TPSA) is 108 Å². The van der Waals surface area contributed by atoms with Crippen LogP contribution in [0.25, 0.3) is 0 Å². The van der Waals surface area contributed by atoms with E-state index in [1.807, 2.05) is 21.1 Å². The smallest absolute Gasteiger partial charge is 0.361 e. The van der Waals surface area contributed by atoms with Crippen LogP contribution in [0.4, 0.5) is 0 Å². The number of nitrogens with zero attached hydrogens (tertiary/aromatic N) is 1. The second-order valence-electron chi connectivity index (χ2n) is 23.4. The normalized spacial score (nSPS) is 12.8. The number of hydrogen-bond donors (Lipinski definition) is 1. The highest BCUT2D eigenvalue weighted by molar-refractivity contribution is 5.71. The summed E-state index contributed by atoms with van der Waals surface area (Å²) in [6.45, 7) is 4.93. The maximum absolute atomic E-state index is 12.9. The van der Waals surface area contributed by atoms with Crippen molar-refractivity contribution in [2.24, 2.45) is 0 Å². The minimum absolute atomic E-state index is 0.174. The summed E-state index contributed by atoms with van der Waals surface area (Å²) in [6, 6.07) is 0. The molecule has 0 aliphatic rings. The zero-order valence-corrected chi connectivity index (χ0v) is 50.5.